The third-order valence-electron chi connectivity index (χ3n) is 3.35. The molecule has 6 nitrogen and oxygen atoms in total. The van der Waals surface area contributed by atoms with Crippen LogP contribution in [-0.2, 0) is 4.74 Å². The first kappa shape index (κ1) is 16.0. The summed E-state index contributed by atoms with van der Waals surface area (Å²) in [5.74, 6) is -0.352. The number of nitrogens with zero attached hydrogens (tertiary/aromatic N) is 2. The molecule has 0 saturated heterocycles. The van der Waals surface area contributed by atoms with Crippen molar-refractivity contribution in [1.29, 1.82) is 0 Å². The second-order valence-electron chi connectivity index (χ2n) is 6.26. The Morgan fingerprint density at radius 2 is 1.95 bits per heavy atom. The standard InChI is InChI=1S/C16H20N2O4/c1-16(2,3)22-15(19)17-10-9-13(14(11-17)18(20)21)12-7-5-4-6-8-12/h4-10,13-14H,11H2,1-3H3. The average Bonchev–Trinajstić information content (AvgIpc) is 2.45. The van der Waals surface area contributed by atoms with E-state index < -0.39 is 17.7 Å². The van der Waals surface area contributed by atoms with Gasteiger partial charge in [0.05, 0.1) is 12.5 Å². The van der Waals surface area contributed by atoms with Crippen molar-refractivity contribution in [3.63, 3.8) is 0 Å². The van der Waals surface area contributed by atoms with Gasteiger partial charge in [-0.15, -0.1) is 0 Å². The smallest absolute Gasteiger partial charge is 0.414 e. The van der Waals surface area contributed by atoms with E-state index in [0.29, 0.717) is 0 Å². The summed E-state index contributed by atoms with van der Waals surface area (Å²) in [5.41, 5.74) is 0.231. The number of carbonyl (C=O) groups excluding carboxylic acids is 1. The van der Waals surface area contributed by atoms with Gasteiger partial charge in [0.1, 0.15) is 5.60 Å². The van der Waals surface area contributed by atoms with Crippen LogP contribution < -0.4 is 0 Å². The minimum atomic E-state index is -0.889. The molecule has 22 heavy (non-hydrogen) atoms. The molecule has 1 heterocycles. The molecule has 0 bridgehead atoms. The largest absolute Gasteiger partial charge is 0.443 e. The summed E-state index contributed by atoms with van der Waals surface area (Å²) in [6.07, 6.45) is 2.70. The molecule has 118 valence electrons. The van der Waals surface area contributed by atoms with Crippen LogP contribution in [0.1, 0.15) is 32.3 Å². The monoisotopic (exact) mass is 304 g/mol. The van der Waals surface area contributed by atoms with Crippen molar-refractivity contribution in [2.45, 2.75) is 38.3 Å². The number of nitro groups is 1. The van der Waals surface area contributed by atoms with Crippen LogP contribution in [0, 0.1) is 10.1 Å². The minimum Gasteiger partial charge on any atom is -0.443 e. The fourth-order valence-corrected chi connectivity index (χ4v) is 2.36. The fraction of sp³-hybridized carbons (Fsp3) is 0.438. The third kappa shape index (κ3) is 3.84. The molecule has 0 N–H and O–H groups in total. The van der Waals surface area contributed by atoms with Gasteiger partial charge in [0.25, 0.3) is 0 Å². The lowest BCUT2D eigenvalue weighted by Gasteiger charge is -2.30. The molecule has 6 heteroatoms. The quantitative estimate of drug-likeness (QED) is 0.621. The highest BCUT2D eigenvalue weighted by Crippen LogP contribution is 2.28. The first-order valence-corrected chi connectivity index (χ1v) is 7.14. The first-order valence-electron chi connectivity index (χ1n) is 7.14. The van der Waals surface area contributed by atoms with Crippen LogP contribution in [0.4, 0.5) is 4.79 Å². The highest BCUT2D eigenvalue weighted by molar-refractivity contribution is 5.69. The highest BCUT2D eigenvalue weighted by Gasteiger charge is 2.38. The number of amides is 1. The summed E-state index contributed by atoms with van der Waals surface area (Å²) >= 11 is 0. The Kier molecular flexibility index (Phi) is 4.49. The Bertz CT molecular complexity index is 578. The molecular weight excluding hydrogens is 284 g/mol. The summed E-state index contributed by atoms with van der Waals surface area (Å²) in [4.78, 5) is 24.4. The van der Waals surface area contributed by atoms with Gasteiger partial charge in [-0.25, -0.2) is 4.79 Å². The maximum atomic E-state index is 12.1. The summed E-state index contributed by atoms with van der Waals surface area (Å²) in [7, 11) is 0. The molecule has 1 aromatic carbocycles. The highest BCUT2D eigenvalue weighted by atomic mass is 16.6. The zero-order valence-corrected chi connectivity index (χ0v) is 12.9. The van der Waals surface area contributed by atoms with Crippen LogP contribution in [0.25, 0.3) is 0 Å². The molecule has 0 spiro atoms. The molecular formula is C16H20N2O4. The van der Waals surface area contributed by atoms with Crippen molar-refractivity contribution in [2.75, 3.05) is 6.54 Å². The van der Waals surface area contributed by atoms with E-state index in [1.807, 2.05) is 30.3 Å². The number of hydrogen-bond acceptors (Lipinski definition) is 4. The van der Waals surface area contributed by atoms with Gasteiger partial charge >= 0.3 is 6.09 Å². The molecule has 0 fully saturated rings. The van der Waals surface area contributed by atoms with E-state index in [4.69, 9.17) is 4.74 Å². The van der Waals surface area contributed by atoms with Gasteiger partial charge < -0.3 is 4.74 Å². The van der Waals surface area contributed by atoms with Gasteiger partial charge in [0.2, 0.25) is 6.04 Å². The van der Waals surface area contributed by atoms with Gasteiger partial charge in [0, 0.05) is 11.1 Å². The zero-order chi connectivity index (χ0) is 16.3. The Balaban J connectivity index is 2.21. The minimum absolute atomic E-state index is 0.00201. The van der Waals surface area contributed by atoms with Crippen molar-refractivity contribution in [2.24, 2.45) is 0 Å². The van der Waals surface area contributed by atoms with E-state index in [0.717, 1.165) is 5.56 Å². The van der Waals surface area contributed by atoms with E-state index >= 15 is 0 Å². The summed E-state index contributed by atoms with van der Waals surface area (Å²) in [6, 6.07) is 8.38. The SMILES string of the molecule is CC(C)(C)OC(=O)N1C=CC(c2ccccc2)C([N+](=O)[O-])C1. The Morgan fingerprint density at radius 1 is 1.32 bits per heavy atom. The van der Waals surface area contributed by atoms with Crippen molar-refractivity contribution >= 4 is 6.09 Å². The van der Waals surface area contributed by atoms with E-state index in [-0.39, 0.29) is 17.4 Å². The van der Waals surface area contributed by atoms with Gasteiger partial charge in [-0.05, 0) is 26.3 Å². The average molecular weight is 304 g/mol. The van der Waals surface area contributed by atoms with Crippen LogP contribution >= 0.6 is 0 Å². The van der Waals surface area contributed by atoms with E-state index in [1.54, 1.807) is 33.0 Å². The first-order chi connectivity index (χ1) is 10.3. The van der Waals surface area contributed by atoms with Crippen molar-refractivity contribution < 1.29 is 14.5 Å². The molecule has 1 aliphatic rings. The predicted molar refractivity (Wildman–Crippen MR) is 82.0 cm³/mol. The third-order valence-corrected chi connectivity index (χ3v) is 3.35. The van der Waals surface area contributed by atoms with Crippen LogP contribution in [0.15, 0.2) is 42.6 Å². The lowest BCUT2D eigenvalue weighted by molar-refractivity contribution is -0.525. The van der Waals surface area contributed by atoms with Gasteiger partial charge in [-0.1, -0.05) is 36.4 Å². The fourth-order valence-electron chi connectivity index (χ4n) is 2.36. The second-order valence-corrected chi connectivity index (χ2v) is 6.26. The molecule has 0 aromatic heterocycles. The Hall–Kier alpha value is -2.37. The van der Waals surface area contributed by atoms with Crippen molar-refractivity contribution in [3.8, 4) is 0 Å². The number of hydrogen-bond donors (Lipinski definition) is 0. The predicted octanol–water partition coefficient (Wildman–Crippen LogP) is 3.18. The number of rotatable bonds is 2. The number of benzene rings is 1. The molecule has 0 saturated carbocycles. The Labute approximate surface area is 129 Å². The van der Waals surface area contributed by atoms with Crippen LogP contribution in [0.2, 0.25) is 0 Å². The molecule has 2 unspecified atom stereocenters. The molecule has 2 atom stereocenters. The molecule has 1 aromatic rings. The van der Waals surface area contributed by atoms with Crippen LogP contribution in [0.3, 0.4) is 0 Å². The molecule has 0 radical (unpaired) electrons. The van der Waals surface area contributed by atoms with Crippen LogP contribution in [-0.4, -0.2) is 34.1 Å². The second kappa shape index (κ2) is 6.17. The van der Waals surface area contributed by atoms with Crippen molar-refractivity contribution in [3.05, 3.63) is 58.3 Å². The summed E-state index contributed by atoms with van der Waals surface area (Å²) in [5, 5.41) is 11.4. The number of carbonyl (C=O) groups is 1. The number of ether oxygens (including phenoxy) is 1. The van der Waals surface area contributed by atoms with Gasteiger partial charge in [-0.3, -0.25) is 15.0 Å². The molecule has 1 aliphatic heterocycles. The molecule has 1 amide bonds. The maximum absolute atomic E-state index is 12.1. The topological polar surface area (TPSA) is 72.7 Å². The Morgan fingerprint density at radius 3 is 2.50 bits per heavy atom. The van der Waals surface area contributed by atoms with E-state index in [2.05, 4.69) is 0 Å². The molecule has 2 rings (SSSR count). The van der Waals surface area contributed by atoms with Gasteiger partial charge in [0.15, 0.2) is 0 Å². The van der Waals surface area contributed by atoms with E-state index in [9.17, 15) is 14.9 Å². The van der Waals surface area contributed by atoms with Crippen molar-refractivity contribution in [1.82, 2.24) is 4.90 Å². The lowest BCUT2D eigenvalue weighted by atomic mass is 9.89. The normalized spacial score (nSPS) is 21.5. The zero-order valence-electron chi connectivity index (χ0n) is 12.9. The van der Waals surface area contributed by atoms with Gasteiger partial charge in [-0.2, -0.15) is 0 Å². The summed E-state index contributed by atoms with van der Waals surface area (Å²) < 4.78 is 5.26. The van der Waals surface area contributed by atoms with E-state index in [1.165, 1.54) is 4.90 Å². The molecule has 0 aliphatic carbocycles. The van der Waals surface area contributed by atoms with Crippen LogP contribution in [0.5, 0.6) is 0 Å². The lowest BCUT2D eigenvalue weighted by Crippen LogP contribution is -2.45. The summed E-state index contributed by atoms with van der Waals surface area (Å²) in [6.45, 7) is 5.28. The maximum Gasteiger partial charge on any atom is 0.414 e.